The van der Waals surface area contributed by atoms with Crippen LogP contribution in [0, 0.1) is 17.3 Å². The van der Waals surface area contributed by atoms with E-state index < -0.39 is 16.7 Å². The number of nitro benzene ring substituents is 1. The van der Waals surface area contributed by atoms with Crippen LogP contribution in [-0.4, -0.2) is 21.8 Å². The molecule has 0 saturated heterocycles. The van der Waals surface area contributed by atoms with Gasteiger partial charge in [-0.1, -0.05) is 0 Å². The number of carbonyl (C=O) groups excluding carboxylic acids is 2. The van der Waals surface area contributed by atoms with Gasteiger partial charge in [-0.15, -0.1) is 0 Å². The summed E-state index contributed by atoms with van der Waals surface area (Å²) in [5.74, 6) is -1.50. The molecule has 0 aliphatic rings. The second kappa shape index (κ2) is 7.74. The Balaban J connectivity index is 2.06. The van der Waals surface area contributed by atoms with Crippen LogP contribution in [0.4, 0.5) is 5.69 Å². The van der Waals surface area contributed by atoms with Gasteiger partial charge in [0, 0.05) is 21.3 Å². The van der Waals surface area contributed by atoms with Gasteiger partial charge in [-0.25, -0.2) is 0 Å². The molecule has 0 aliphatic carbocycles. The third kappa shape index (κ3) is 4.31. The number of aromatic hydroxyl groups is 1. The molecule has 0 fully saturated rings. The molecule has 3 N–H and O–H groups in total. The molecule has 0 unspecified atom stereocenters. The van der Waals surface area contributed by atoms with Gasteiger partial charge in [0.1, 0.15) is 5.75 Å². The fraction of sp³-hybridized carbons (Fsp3) is 0. The van der Waals surface area contributed by atoms with E-state index >= 15 is 0 Å². The van der Waals surface area contributed by atoms with Crippen LogP contribution < -0.4 is 10.9 Å². The zero-order valence-electron chi connectivity index (χ0n) is 11.7. The topological polar surface area (TPSA) is 122 Å². The normalized spacial score (nSPS) is 10.1. The monoisotopic (exact) mass is 553 g/mol. The van der Waals surface area contributed by atoms with E-state index in [0.29, 0.717) is 3.57 Å². The van der Waals surface area contributed by atoms with Crippen LogP contribution in [0.3, 0.4) is 0 Å². The van der Waals surface area contributed by atoms with Crippen molar-refractivity contribution >= 4 is 62.7 Å². The molecule has 10 heteroatoms. The van der Waals surface area contributed by atoms with E-state index in [-0.39, 0.29) is 22.6 Å². The van der Waals surface area contributed by atoms with E-state index in [1.54, 1.807) is 6.07 Å². The Labute approximate surface area is 163 Å². The van der Waals surface area contributed by atoms with E-state index in [9.17, 15) is 24.8 Å². The summed E-state index contributed by atoms with van der Waals surface area (Å²) in [6, 6.07) is 8.08. The van der Waals surface area contributed by atoms with Crippen LogP contribution in [0.15, 0.2) is 36.4 Å². The smallest absolute Gasteiger partial charge is 0.273 e. The molecule has 2 aromatic carbocycles. The molecule has 24 heavy (non-hydrogen) atoms. The van der Waals surface area contributed by atoms with Gasteiger partial charge in [-0.3, -0.25) is 30.6 Å². The van der Waals surface area contributed by atoms with Crippen LogP contribution in [0.5, 0.6) is 5.75 Å². The van der Waals surface area contributed by atoms with Crippen molar-refractivity contribution in [3.8, 4) is 5.75 Å². The molecule has 0 bridgehead atoms. The SMILES string of the molecule is O=C(NNC(=O)c1cc(I)cc(I)c1O)c1ccc([N+](=O)[O-])cc1. The third-order valence-electron chi connectivity index (χ3n) is 2.90. The maximum Gasteiger partial charge on any atom is 0.273 e. The Kier molecular flexibility index (Phi) is 5.93. The van der Waals surface area contributed by atoms with Crippen LogP contribution in [0.25, 0.3) is 0 Å². The number of hydrazine groups is 1. The predicted octanol–water partition coefficient (Wildman–Crippen LogP) is 2.58. The number of halogens is 2. The number of hydrogen-bond donors (Lipinski definition) is 3. The molecule has 0 spiro atoms. The highest BCUT2D eigenvalue weighted by Crippen LogP contribution is 2.26. The van der Waals surface area contributed by atoms with Crippen LogP contribution in [0.1, 0.15) is 20.7 Å². The summed E-state index contributed by atoms with van der Waals surface area (Å²) in [5, 5.41) is 20.5. The van der Waals surface area contributed by atoms with E-state index in [4.69, 9.17) is 0 Å². The minimum absolute atomic E-state index is 0.0234. The third-order valence-corrected chi connectivity index (χ3v) is 4.35. The van der Waals surface area contributed by atoms with Crippen molar-refractivity contribution in [1.29, 1.82) is 0 Å². The molecule has 2 amide bonds. The number of amides is 2. The molecule has 8 nitrogen and oxygen atoms in total. The summed E-state index contributed by atoms with van der Waals surface area (Å²) in [4.78, 5) is 34.0. The van der Waals surface area contributed by atoms with E-state index in [1.165, 1.54) is 30.3 Å². The minimum atomic E-state index is -0.681. The van der Waals surface area contributed by atoms with Crippen LogP contribution in [-0.2, 0) is 0 Å². The standard InChI is InChI=1S/C14H9I2N3O5/c15-8-5-10(12(20)11(16)6-8)14(22)18-17-13(21)7-1-3-9(4-2-7)19(23)24/h1-6,20H,(H,17,21)(H,18,22). The Morgan fingerprint density at radius 3 is 2.21 bits per heavy atom. The van der Waals surface area contributed by atoms with Gasteiger partial charge in [0.2, 0.25) is 0 Å². The van der Waals surface area contributed by atoms with E-state index in [0.717, 1.165) is 3.57 Å². The quantitative estimate of drug-likeness (QED) is 0.307. The lowest BCUT2D eigenvalue weighted by Gasteiger charge is -2.10. The van der Waals surface area contributed by atoms with Crippen molar-refractivity contribution < 1.29 is 19.6 Å². The average Bonchev–Trinajstić information content (AvgIpc) is 2.55. The highest BCUT2D eigenvalue weighted by atomic mass is 127. The van der Waals surface area contributed by atoms with Gasteiger partial charge in [0.25, 0.3) is 17.5 Å². The van der Waals surface area contributed by atoms with Gasteiger partial charge in [-0.05, 0) is 69.4 Å². The zero-order chi connectivity index (χ0) is 17.9. The maximum atomic E-state index is 12.1. The first-order chi connectivity index (χ1) is 11.3. The van der Waals surface area contributed by atoms with E-state index in [2.05, 4.69) is 10.9 Å². The summed E-state index contributed by atoms with van der Waals surface area (Å²) in [5.41, 5.74) is 4.40. The summed E-state index contributed by atoms with van der Waals surface area (Å²) < 4.78 is 1.26. The molecule has 0 saturated carbocycles. The lowest BCUT2D eigenvalue weighted by Crippen LogP contribution is -2.41. The first kappa shape index (κ1) is 18.4. The molecule has 0 heterocycles. The van der Waals surface area contributed by atoms with Gasteiger partial charge in [0.05, 0.1) is 14.1 Å². The summed E-state index contributed by atoms with van der Waals surface area (Å²) >= 11 is 3.89. The van der Waals surface area contributed by atoms with Gasteiger partial charge >= 0.3 is 0 Å². The number of phenols is 1. The second-order valence-corrected chi connectivity index (χ2v) is 6.90. The lowest BCUT2D eigenvalue weighted by molar-refractivity contribution is -0.384. The fourth-order valence-corrected chi connectivity index (χ4v) is 3.57. The Hall–Kier alpha value is -1.96. The van der Waals surface area contributed by atoms with Crippen molar-refractivity contribution in [1.82, 2.24) is 10.9 Å². The van der Waals surface area contributed by atoms with Crippen molar-refractivity contribution in [2.24, 2.45) is 0 Å². The number of nitrogens with one attached hydrogen (secondary N) is 2. The molecule has 2 aromatic rings. The fourth-order valence-electron chi connectivity index (χ4n) is 1.73. The molecule has 0 aliphatic heterocycles. The average molecular weight is 553 g/mol. The number of benzene rings is 2. The number of phenolic OH excluding ortho intramolecular Hbond substituents is 1. The van der Waals surface area contributed by atoms with Crippen molar-refractivity contribution in [3.05, 3.63) is 64.8 Å². The Morgan fingerprint density at radius 1 is 1.04 bits per heavy atom. The summed E-state index contributed by atoms with van der Waals surface area (Å²) in [6.07, 6.45) is 0. The first-order valence-corrected chi connectivity index (χ1v) is 8.48. The van der Waals surface area contributed by atoms with Gasteiger partial charge < -0.3 is 5.11 Å². The Morgan fingerprint density at radius 2 is 1.62 bits per heavy atom. The molecule has 0 atom stereocenters. The zero-order valence-corrected chi connectivity index (χ0v) is 16.1. The molecule has 0 radical (unpaired) electrons. The molecule has 0 aromatic heterocycles. The number of nitro groups is 1. The number of carbonyl (C=O) groups is 2. The highest BCUT2D eigenvalue weighted by Gasteiger charge is 2.16. The Bertz CT molecular complexity index is 824. The van der Waals surface area contributed by atoms with Gasteiger partial charge in [0.15, 0.2) is 0 Å². The number of hydrogen-bond acceptors (Lipinski definition) is 5. The van der Waals surface area contributed by atoms with Gasteiger partial charge in [-0.2, -0.15) is 0 Å². The van der Waals surface area contributed by atoms with Crippen LogP contribution in [0.2, 0.25) is 0 Å². The highest BCUT2D eigenvalue weighted by molar-refractivity contribution is 14.1. The molecule has 2 rings (SSSR count). The maximum absolute atomic E-state index is 12.1. The second-order valence-electron chi connectivity index (χ2n) is 4.50. The molecular formula is C14H9I2N3O5. The lowest BCUT2D eigenvalue weighted by atomic mass is 10.2. The van der Waals surface area contributed by atoms with Crippen molar-refractivity contribution in [3.63, 3.8) is 0 Å². The predicted molar refractivity (Wildman–Crippen MR) is 102 cm³/mol. The van der Waals surface area contributed by atoms with Crippen molar-refractivity contribution in [2.75, 3.05) is 0 Å². The van der Waals surface area contributed by atoms with Crippen molar-refractivity contribution in [2.45, 2.75) is 0 Å². The van der Waals surface area contributed by atoms with E-state index in [1.807, 2.05) is 45.2 Å². The molecular weight excluding hydrogens is 544 g/mol. The number of rotatable bonds is 3. The summed E-state index contributed by atoms with van der Waals surface area (Å²) in [6.45, 7) is 0. The summed E-state index contributed by atoms with van der Waals surface area (Å²) in [7, 11) is 0. The minimum Gasteiger partial charge on any atom is -0.506 e. The molecule has 124 valence electrons. The first-order valence-electron chi connectivity index (χ1n) is 6.32. The number of nitrogens with zero attached hydrogens (tertiary/aromatic N) is 1. The largest absolute Gasteiger partial charge is 0.506 e. The van der Waals surface area contributed by atoms with Crippen LogP contribution >= 0.6 is 45.2 Å². The number of non-ortho nitro benzene ring substituents is 1.